The normalized spacial score (nSPS) is 15.5. The van der Waals surface area contributed by atoms with Gasteiger partial charge in [-0.1, -0.05) is 19.9 Å². The van der Waals surface area contributed by atoms with Crippen LogP contribution in [0.2, 0.25) is 0 Å². The maximum Gasteiger partial charge on any atom is 0.146 e. The number of ketones is 1. The molecule has 1 aromatic carbocycles. The van der Waals surface area contributed by atoms with E-state index in [0.29, 0.717) is 12.1 Å². The summed E-state index contributed by atoms with van der Waals surface area (Å²) in [7, 11) is 0. The summed E-state index contributed by atoms with van der Waals surface area (Å²) in [5.74, 6) is 0.0991. The van der Waals surface area contributed by atoms with Crippen LogP contribution in [0.1, 0.15) is 32.3 Å². The molecule has 1 aromatic rings. The van der Waals surface area contributed by atoms with E-state index in [2.05, 4.69) is 10.2 Å². The second-order valence-corrected chi connectivity index (χ2v) is 5.68. The first-order valence-electron chi connectivity index (χ1n) is 7.92. The van der Waals surface area contributed by atoms with Gasteiger partial charge in [0.05, 0.1) is 5.69 Å². The van der Waals surface area contributed by atoms with Crippen molar-refractivity contribution in [2.45, 2.75) is 33.1 Å². The van der Waals surface area contributed by atoms with Crippen LogP contribution < -0.4 is 10.2 Å². The van der Waals surface area contributed by atoms with Crippen LogP contribution in [-0.4, -0.2) is 32.0 Å². The van der Waals surface area contributed by atoms with E-state index in [9.17, 15) is 9.18 Å². The molecule has 0 radical (unpaired) electrons. The van der Waals surface area contributed by atoms with Crippen molar-refractivity contribution in [3.8, 4) is 0 Å². The molecule has 2 rings (SSSR count). The number of benzene rings is 1. The van der Waals surface area contributed by atoms with E-state index in [1.807, 2.05) is 26.0 Å². The molecule has 0 aromatic heterocycles. The Bertz CT molecular complexity index is 480. The molecule has 3 nitrogen and oxygen atoms in total. The third-order valence-electron chi connectivity index (χ3n) is 4.29. The molecule has 116 valence electrons. The number of hydrogen-bond donors (Lipinski definition) is 1. The fourth-order valence-corrected chi connectivity index (χ4v) is 2.91. The summed E-state index contributed by atoms with van der Waals surface area (Å²) >= 11 is 0. The smallest absolute Gasteiger partial charge is 0.146 e. The molecular formula is C17H25FN2O. The predicted molar refractivity (Wildman–Crippen MR) is 84.3 cm³/mol. The maximum absolute atomic E-state index is 14.3. The van der Waals surface area contributed by atoms with Crippen molar-refractivity contribution < 1.29 is 9.18 Å². The number of Topliss-reactive ketones (excluding diaryl/α,β-unsaturated/α-hetero) is 1. The highest BCUT2D eigenvalue weighted by molar-refractivity contribution is 5.83. The van der Waals surface area contributed by atoms with Crippen LogP contribution in [0.5, 0.6) is 0 Å². The number of nitrogens with zero attached hydrogens (tertiary/aromatic N) is 1. The van der Waals surface area contributed by atoms with E-state index in [-0.39, 0.29) is 17.5 Å². The van der Waals surface area contributed by atoms with Crippen LogP contribution in [0.4, 0.5) is 10.1 Å². The molecule has 0 atom stereocenters. The standard InChI is InChI=1S/C17H25FN2O/c1-3-14(4-2)17(21)12-13-5-6-16(15(18)11-13)20-9-7-19-8-10-20/h5-6,11,14,19H,3-4,7-10,12H2,1-2H3. The second kappa shape index (κ2) is 7.55. The van der Waals surface area contributed by atoms with Crippen molar-refractivity contribution >= 4 is 11.5 Å². The number of nitrogens with one attached hydrogen (secondary N) is 1. The van der Waals surface area contributed by atoms with E-state index < -0.39 is 0 Å². The number of rotatable bonds is 6. The Morgan fingerprint density at radius 3 is 2.52 bits per heavy atom. The van der Waals surface area contributed by atoms with Crippen molar-refractivity contribution in [3.05, 3.63) is 29.6 Å². The number of anilines is 1. The second-order valence-electron chi connectivity index (χ2n) is 5.68. The zero-order valence-corrected chi connectivity index (χ0v) is 13.0. The van der Waals surface area contributed by atoms with Crippen LogP contribution in [-0.2, 0) is 11.2 Å². The molecule has 0 unspecified atom stereocenters. The monoisotopic (exact) mass is 292 g/mol. The van der Waals surface area contributed by atoms with E-state index in [1.165, 1.54) is 6.07 Å². The zero-order chi connectivity index (χ0) is 15.2. The van der Waals surface area contributed by atoms with Crippen LogP contribution in [0, 0.1) is 11.7 Å². The number of hydrogen-bond acceptors (Lipinski definition) is 3. The minimum atomic E-state index is -0.216. The molecule has 1 N–H and O–H groups in total. The van der Waals surface area contributed by atoms with Gasteiger partial charge in [-0.2, -0.15) is 0 Å². The Balaban J connectivity index is 2.06. The van der Waals surface area contributed by atoms with E-state index >= 15 is 0 Å². The molecule has 1 aliphatic rings. The maximum atomic E-state index is 14.3. The van der Waals surface area contributed by atoms with Crippen LogP contribution in [0.15, 0.2) is 18.2 Å². The van der Waals surface area contributed by atoms with Crippen molar-refractivity contribution in [3.63, 3.8) is 0 Å². The molecular weight excluding hydrogens is 267 g/mol. The average molecular weight is 292 g/mol. The number of carbonyl (C=O) groups is 1. The highest BCUT2D eigenvalue weighted by atomic mass is 19.1. The average Bonchev–Trinajstić information content (AvgIpc) is 2.49. The van der Waals surface area contributed by atoms with Crippen LogP contribution in [0.25, 0.3) is 0 Å². The molecule has 0 amide bonds. The zero-order valence-electron chi connectivity index (χ0n) is 13.0. The van der Waals surface area contributed by atoms with Crippen molar-refractivity contribution in [1.29, 1.82) is 0 Å². The van der Waals surface area contributed by atoms with Gasteiger partial charge >= 0.3 is 0 Å². The van der Waals surface area contributed by atoms with Crippen molar-refractivity contribution in [2.24, 2.45) is 5.92 Å². The molecule has 21 heavy (non-hydrogen) atoms. The Kier molecular flexibility index (Phi) is 5.74. The molecule has 0 saturated carbocycles. The van der Waals surface area contributed by atoms with Gasteiger partial charge in [0.1, 0.15) is 11.6 Å². The number of carbonyl (C=O) groups excluding carboxylic acids is 1. The first kappa shape index (κ1) is 16.0. The lowest BCUT2D eigenvalue weighted by atomic mass is 9.93. The largest absolute Gasteiger partial charge is 0.367 e. The molecule has 1 saturated heterocycles. The Labute approximate surface area is 126 Å². The van der Waals surface area contributed by atoms with Gasteiger partial charge in [-0.3, -0.25) is 4.79 Å². The third kappa shape index (κ3) is 4.03. The Morgan fingerprint density at radius 1 is 1.29 bits per heavy atom. The molecule has 0 bridgehead atoms. The predicted octanol–water partition coefficient (Wildman–Crippen LogP) is 2.78. The summed E-state index contributed by atoms with van der Waals surface area (Å²) in [5.41, 5.74) is 1.43. The van der Waals surface area contributed by atoms with Gasteiger partial charge in [0.25, 0.3) is 0 Å². The third-order valence-corrected chi connectivity index (χ3v) is 4.29. The molecule has 1 fully saturated rings. The van der Waals surface area contributed by atoms with Crippen molar-refractivity contribution in [1.82, 2.24) is 5.32 Å². The molecule has 1 aliphatic heterocycles. The lowest BCUT2D eigenvalue weighted by Crippen LogP contribution is -2.43. The van der Waals surface area contributed by atoms with Crippen LogP contribution in [0.3, 0.4) is 0 Å². The highest BCUT2D eigenvalue weighted by Crippen LogP contribution is 2.22. The van der Waals surface area contributed by atoms with Gasteiger partial charge in [-0.25, -0.2) is 4.39 Å². The van der Waals surface area contributed by atoms with E-state index in [0.717, 1.165) is 44.6 Å². The summed E-state index contributed by atoms with van der Waals surface area (Å²) in [5, 5.41) is 3.26. The fourth-order valence-electron chi connectivity index (χ4n) is 2.91. The summed E-state index contributed by atoms with van der Waals surface area (Å²) < 4.78 is 14.3. The lowest BCUT2D eigenvalue weighted by molar-refractivity contribution is -0.122. The number of piperazine rings is 1. The first-order chi connectivity index (χ1) is 10.2. The minimum Gasteiger partial charge on any atom is -0.367 e. The van der Waals surface area contributed by atoms with Gasteiger partial charge < -0.3 is 10.2 Å². The Morgan fingerprint density at radius 2 is 1.95 bits per heavy atom. The van der Waals surface area contributed by atoms with Gasteiger partial charge in [-0.05, 0) is 30.5 Å². The van der Waals surface area contributed by atoms with Crippen LogP contribution >= 0.6 is 0 Å². The highest BCUT2D eigenvalue weighted by Gasteiger charge is 2.17. The van der Waals surface area contributed by atoms with E-state index in [4.69, 9.17) is 0 Å². The quantitative estimate of drug-likeness (QED) is 0.875. The minimum absolute atomic E-state index is 0.0981. The summed E-state index contributed by atoms with van der Waals surface area (Å²) in [4.78, 5) is 14.2. The first-order valence-corrected chi connectivity index (χ1v) is 7.92. The lowest BCUT2D eigenvalue weighted by Gasteiger charge is -2.29. The van der Waals surface area contributed by atoms with E-state index in [1.54, 1.807) is 0 Å². The van der Waals surface area contributed by atoms with Crippen molar-refractivity contribution in [2.75, 3.05) is 31.1 Å². The molecule has 0 spiro atoms. The molecule has 0 aliphatic carbocycles. The fraction of sp³-hybridized carbons (Fsp3) is 0.588. The number of halogens is 1. The Hall–Kier alpha value is -1.42. The van der Waals surface area contributed by atoms with Gasteiger partial charge in [-0.15, -0.1) is 0 Å². The summed E-state index contributed by atoms with van der Waals surface area (Å²) in [6.07, 6.45) is 2.05. The molecule has 4 heteroatoms. The topological polar surface area (TPSA) is 32.3 Å². The SMILES string of the molecule is CCC(CC)C(=O)Cc1ccc(N2CCNCC2)c(F)c1. The summed E-state index contributed by atoms with van der Waals surface area (Å²) in [6, 6.07) is 5.23. The van der Waals surface area contributed by atoms with Gasteiger partial charge in [0.15, 0.2) is 0 Å². The molecule has 1 heterocycles. The van der Waals surface area contributed by atoms with Gasteiger partial charge in [0, 0.05) is 38.5 Å². The van der Waals surface area contributed by atoms with Gasteiger partial charge in [0.2, 0.25) is 0 Å². The summed E-state index contributed by atoms with van der Waals surface area (Å²) in [6.45, 7) is 7.47.